The first kappa shape index (κ1) is 15.8. The topological polar surface area (TPSA) is 44.5 Å². The number of rotatable bonds is 5. The Balaban J connectivity index is 1.68. The van der Waals surface area contributed by atoms with Crippen molar-refractivity contribution in [2.24, 2.45) is 0 Å². The Kier molecular flexibility index (Phi) is 5.16. The average Bonchev–Trinajstić information content (AvgIpc) is 2.64. The third kappa shape index (κ3) is 3.49. The lowest BCUT2D eigenvalue weighted by atomic mass is 10.0. The summed E-state index contributed by atoms with van der Waals surface area (Å²) in [5.41, 5.74) is 6.80. The predicted octanol–water partition coefficient (Wildman–Crippen LogP) is 0.383. The summed E-state index contributed by atoms with van der Waals surface area (Å²) in [7, 11) is 1.74. The fourth-order valence-corrected chi connectivity index (χ4v) is 3.57. The first-order chi connectivity index (χ1) is 11.3. The molecule has 1 heterocycles. The maximum atomic E-state index is 5.50. The predicted molar refractivity (Wildman–Crippen MR) is 92.8 cm³/mol. The van der Waals surface area contributed by atoms with E-state index >= 15 is 0 Å². The molecule has 1 atom stereocenters. The lowest BCUT2D eigenvalue weighted by molar-refractivity contribution is -0.938. The number of para-hydroxylation sites is 2. The number of nitrogens with one attached hydrogen (secondary N) is 1. The first-order valence-electron chi connectivity index (χ1n) is 8.40. The van der Waals surface area contributed by atoms with Gasteiger partial charge < -0.3 is 20.3 Å². The van der Waals surface area contributed by atoms with Gasteiger partial charge in [-0.25, -0.2) is 0 Å². The van der Waals surface area contributed by atoms with E-state index in [9.17, 15) is 0 Å². The second kappa shape index (κ2) is 7.49. The van der Waals surface area contributed by atoms with Crippen molar-refractivity contribution in [3.8, 4) is 5.75 Å². The Morgan fingerprint density at radius 2 is 1.70 bits per heavy atom. The Labute approximate surface area is 138 Å². The molecule has 4 N–H and O–H groups in total. The molecule has 122 valence electrons. The first-order valence-corrected chi connectivity index (χ1v) is 8.40. The van der Waals surface area contributed by atoms with Crippen molar-refractivity contribution in [1.29, 1.82) is 0 Å². The number of hydrogen-bond acceptors (Lipinski definition) is 2. The van der Waals surface area contributed by atoms with Gasteiger partial charge in [0.15, 0.2) is 6.04 Å². The van der Waals surface area contributed by atoms with E-state index in [0.717, 1.165) is 38.5 Å². The molecule has 3 rings (SSSR count). The molecular formula is C19H27N3O+2. The van der Waals surface area contributed by atoms with Crippen molar-refractivity contribution in [1.82, 2.24) is 0 Å². The zero-order valence-corrected chi connectivity index (χ0v) is 13.9. The molecule has 2 aromatic rings. The molecule has 1 aliphatic heterocycles. The van der Waals surface area contributed by atoms with E-state index in [0.29, 0.717) is 6.04 Å². The smallest absolute Gasteiger partial charge is 0.163 e. The van der Waals surface area contributed by atoms with Crippen molar-refractivity contribution in [2.45, 2.75) is 6.04 Å². The lowest BCUT2D eigenvalue weighted by Crippen LogP contribution is -3.16. The summed E-state index contributed by atoms with van der Waals surface area (Å²) in [5.74, 6) is 0.965. The quantitative estimate of drug-likeness (QED) is 0.838. The fourth-order valence-electron chi connectivity index (χ4n) is 3.57. The zero-order valence-electron chi connectivity index (χ0n) is 13.9. The van der Waals surface area contributed by atoms with Gasteiger partial charge >= 0.3 is 0 Å². The second-order valence-corrected chi connectivity index (χ2v) is 6.07. The van der Waals surface area contributed by atoms with Gasteiger partial charge in [-0.2, -0.15) is 0 Å². The largest absolute Gasteiger partial charge is 0.495 e. The molecule has 1 saturated heterocycles. The molecule has 23 heavy (non-hydrogen) atoms. The zero-order chi connectivity index (χ0) is 16.1. The third-order valence-electron chi connectivity index (χ3n) is 4.81. The Morgan fingerprint density at radius 3 is 2.35 bits per heavy atom. The normalized spacial score (nSPS) is 17.0. The van der Waals surface area contributed by atoms with Crippen LogP contribution in [-0.4, -0.2) is 39.8 Å². The number of ether oxygens (including phenoxy) is 1. The highest BCUT2D eigenvalue weighted by molar-refractivity contribution is 5.58. The van der Waals surface area contributed by atoms with E-state index in [1.165, 1.54) is 11.3 Å². The number of quaternary nitrogens is 2. The van der Waals surface area contributed by atoms with Gasteiger partial charge in [-0.15, -0.1) is 0 Å². The molecule has 1 aliphatic rings. The van der Waals surface area contributed by atoms with Crippen molar-refractivity contribution in [2.75, 3.05) is 44.7 Å². The lowest BCUT2D eigenvalue weighted by Gasteiger charge is -2.37. The molecule has 0 bridgehead atoms. The van der Waals surface area contributed by atoms with Crippen LogP contribution in [0.2, 0.25) is 0 Å². The van der Waals surface area contributed by atoms with Crippen LogP contribution in [0.5, 0.6) is 5.75 Å². The highest BCUT2D eigenvalue weighted by atomic mass is 16.5. The Bertz CT molecular complexity index is 609. The van der Waals surface area contributed by atoms with Crippen molar-refractivity contribution in [3.63, 3.8) is 0 Å². The van der Waals surface area contributed by atoms with Gasteiger partial charge in [0.25, 0.3) is 0 Å². The minimum Gasteiger partial charge on any atom is -0.495 e. The van der Waals surface area contributed by atoms with Crippen LogP contribution in [0.4, 0.5) is 5.69 Å². The van der Waals surface area contributed by atoms with E-state index in [1.807, 2.05) is 12.1 Å². The fraction of sp³-hybridized carbons (Fsp3) is 0.368. The Hall–Kier alpha value is -2.04. The summed E-state index contributed by atoms with van der Waals surface area (Å²) in [6.45, 7) is 5.31. The number of benzene rings is 2. The van der Waals surface area contributed by atoms with Crippen LogP contribution in [0.15, 0.2) is 54.6 Å². The molecule has 0 aromatic heterocycles. The second-order valence-electron chi connectivity index (χ2n) is 6.07. The number of methoxy groups -OCH3 is 1. The van der Waals surface area contributed by atoms with Crippen LogP contribution in [-0.2, 0) is 0 Å². The standard InChI is InChI=1S/C19H25N3O/c1-23-19-10-6-5-9-17(19)21-11-13-22(14-12-21)18(15-20)16-7-3-2-4-8-16/h2-10,18H,11-15,20H2,1H3/p+2/t18-/m1/s1. The van der Waals surface area contributed by atoms with E-state index in [4.69, 9.17) is 4.74 Å². The van der Waals surface area contributed by atoms with Crippen LogP contribution >= 0.6 is 0 Å². The van der Waals surface area contributed by atoms with E-state index in [-0.39, 0.29) is 0 Å². The highest BCUT2D eigenvalue weighted by Gasteiger charge is 2.29. The molecular weight excluding hydrogens is 286 g/mol. The van der Waals surface area contributed by atoms with Gasteiger partial charge in [0, 0.05) is 5.56 Å². The van der Waals surface area contributed by atoms with Crippen molar-refractivity contribution < 1.29 is 15.4 Å². The van der Waals surface area contributed by atoms with Crippen LogP contribution in [0.25, 0.3) is 0 Å². The van der Waals surface area contributed by atoms with Crippen LogP contribution in [0, 0.1) is 0 Å². The maximum Gasteiger partial charge on any atom is 0.163 e. The van der Waals surface area contributed by atoms with Crippen LogP contribution in [0.3, 0.4) is 0 Å². The molecule has 4 heteroatoms. The molecule has 0 unspecified atom stereocenters. The van der Waals surface area contributed by atoms with Gasteiger partial charge in [-0.05, 0) is 12.1 Å². The van der Waals surface area contributed by atoms with Gasteiger partial charge in [-0.1, -0.05) is 42.5 Å². The van der Waals surface area contributed by atoms with E-state index in [1.54, 1.807) is 12.0 Å². The highest BCUT2D eigenvalue weighted by Crippen LogP contribution is 2.27. The summed E-state index contributed by atoms with van der Waals surface area (Å²) in [4.78, 5) is 4.07. The monoisotopic (exact) mass is 313 g/mol. The maximum absolute atomic E-state index is 5.50. The third-order valence-corrected chi connectivity index (χ3v) is 4.81. The van der Waals surface area contributed by atoms with E-state index in [2.05, 4.69) is 53.1 Å². The van der Waals surface area contributed by atoms with Gasteiger partial charge in [-0.3, -0.25) is 0 Å². The minimum atomic E-state index is 0.496. The molecule has 2 aromatic carbocycles. The summed E-state index contributed by atoms with van der Waals surface area (Å²) in [6.07, 6.45) is 0. The molecule has 0 radical (unpaired) electrons. The average molecular weight is 313 g/mol. The number of hydrogen-bond donors (Lipinski definition) is 2. The summed E-state index contributed by atoms with van der Waals surface area (Å²) in [5, 5.41) is 0. The molecule has 4 nitrogen and oxygen atoms in total. The molecule has 1 fully saturated rings. The Morgan fingerprint density at radius 1 is 1.04 bits per heavy atom. The summed E-state index contributed by atoms with van der Waals surface area (Å²) >= 11 is 0. The minimum absolute atomic E-state index is 0.496. The molecule has 0 spiro atoms. The summed E-state index contributed by atoms with van der Waals surface area (Å²) < 4.78 is 5.50. The molecule has 0 amide bonds. The molecule has 0 aliphatic carbocycles. The number of piperazine rings is 1. The molecule has 0 saturated carbocycles. The van der Waals surface area contributed by atoms with Crippen molar-refractivity contribution in [3.05, 3.63) is 60.2 Å². The van der Waals surface area contributed by atoms with Crippen LogP contribution < -0.4 is 20.3 Å². The van der Waals surface area contributed by atoms with Gasteiger partial charge in [0.2, 0.25) is 0 Å². The van der Waals surface area contributed by atoms with Gasteiger partial charge in [0.1, 0.15) is 12.3 Å². The number of anilines is 1. The summed E-state index contributed by atoms with van der Waals surface area (Å²) in [6, 6.07) is 19.6. The van der Waals surface area contributed by atoms with E-state index < -0.39 is 0 Å². The van der Waals surface area contributed by atoms with Crippen LogP contribution in [0.1, 0.15) is 11.6 Å². The SMILES string of the molecule is COc1ccccc1N1CC[NH+]([C@H](C[NH3+])c2ccccc2)CC1. The number of nitrogens with zero attached hydrogens (tertiary/aromatic N) is 1. The van der Waals surface area contributed by atoms with Gasteiger partial charge in [0.05, 0.1) is 39.0 Å². The van der Waals surface area contributed by atoms with Crippen molar-refractivity contribution >= 4 is 5.69 Å².